The quantitative estimate of drug-likeness (QED) is 0.662. The Morgan fingerprint density at radius 3 is 2.69 bits per heavy atom. The standard InChI is InChI=1S/C23H26N4O2/c1-15-7-9-18(10-8-15)13-22(28)27-11-5-4-6-20(27)23-19(14-24-17(3)25-23)21-12-16(2)26-29-21/h7-10,12,14,20H,4-6,11,13H2,1-3H3. The van der Waals surface area contributed by atoms with Crippen LogP contribution < -0.4 is 0 Å². The van der Waals surface area contributed by atoms with Gasteiger partial charge in [0.1, 0.15) is 5.82 Å². The van der Waals surface area contributed by atoms with Crippen molar-refractivity contribution >= 4 is 5.91 Å². The van der Waals surface area contributed by atoms with E-state index in [1.165, 1.54) is 5.56 Å². The van der Waals surface area contributed by atoms with Crippen molar-refractivity contribution in [1.29, 1.82) is 0 Å². The molecule has 1 aliphatic rings. The molecule has 0 N–H and O–H groups in total. The Morgan fingerprint density at radius 1 is 1.17 bits per heavy atom. The van der Waals surface area contributed by atoms with Gasteiger partial charge in [-0.1, -0.05) is 35.0 Å². The van der Waals surface area contributed by atoms with Gasteiger partial charge in [0, 0.05) is 18.8 Å². The van der Waals surface area contributed by atoms with Crippen LogP contribution in [0.5, 0.6) is 0 Å². The summed E-state index contributed by atoms with van der Waals surface area (Å²) >= 11 is 0. The summed E-state index contributed by atoms with van der Waals surface area (Å²) in [4.78, 5) is 24.3. The second-order valence-corrected chi connectivity index (χ2v) is 7.81. The number of aromatic nitrogens is 3. The van der Waals surface area contributed by atoms with Gasteiger partial charge in [0.25, 0.3) is 0 Å². The number of benzene rings is 1. The highest BCUT2D eigenvalue weighted by Crippen LogP contribution is 2.36. The first-order valence-corrected chi connectivity index (χ1v) is 10.1. The zero-order chi connectivity index (χ0) is 20.4. The number of aryl methyl sites for hydroxylation is 3. The summed E-state index contributed by atoms with van der Waals surface area (Å²) in [6.45, 7) is 6.56. The molecule has 1 atom stereocenters. The third kappa shape index (κ3) is 4.21. The number of carbonyl (C=O) groups is 1. The van der Waals surface area contributed by atoms with Crippen LogP contribution in [0.15, 0.2) is 41.1 Å². The lowest BCUT2D eigenvalue weighted by Gasteiger charge is -2.36. The summed E-state index contributed by atoms with van der Waals surface area (Å²) in [5.41, 5.74) is 4.71. The van der Waals surface area contributed by atoms with Gasteiger partial charge < -0.3 is 9.42 Å². The molecule has 150 valence electrons. The summed E-state index contributed by atoms with van der Waals surface area (Å²) in [5.74, 6) is 1.47. The number of nitrogens with zero attached hydrogens (tertiary/aromatic N) is 4. The van der Waals surface area contributed by atoms with Crippen LogP contribution in [-0.4, -0.2) is 32.5 Å². The average Bonchev–Trinajstić information content (AvgIpc) is 3.15. The number of carbonyl (C=O) groups excluding carboxylic acids is 1. The van der Waals surface area contributed by atoms with Crippen molar-refractivity contribution in [3.8, 4) is 11.3 Å². The minimum atomic E-state index is -0.0798. The molecule has 0 aliphatic carbocycles. The van der Waals surface area contributed by atoms with Crippen molar-refractivity contribution < 1.29 is 9.32 Å². The zero-order valence-electron chi connectivity index (χ0n) is 17.2. The second kappa shape index (κ2) is 8.15. The van der Waals surface area contributed by atoms with Crippen molar-refractivity contribution in [2.24, 2.45) is 0 Å². The van der Waals surface area contributed by atoms with Crippen LogP contribution in [0.1, 0.15) is 53.6 Å². The van der Waals surface area contributed by atoms with E-state index in [0.717, 1.165) is 48.3 Å². The predicted molar refractivity (Wildman–Crippen MR) is 110 cm³/mol. The van der Waals surface area contributed by atoms with Gasteiger partial charge in [0.05, 0.1) is 29.4 Å². The molecule has 6 heteroatoms. The van der Waals surface area contributed by atoms with Gasteiger partial charge in [0.2, 0.25) is 5.91 Å². The highest BCUT2D eigenvalue weighted by molar-refractivity contribution is 5.79. The Morgan fingerprint density at radius 2 is 1.97 bits per heavy atom. The van der Waals surface area contributed by atoms with Crippen molar-refractivity contribution in [2.45, 2.75) is 52.5 Å². The molecule has 29 heavy (non-hydrogen) atoms. The molecule has 4 rings (SSSR count). The summed E-state index contributed by atoms with van der Waals surface area (Å²) in [6, 6.07) is 9.97. The SMILES string of the molecule is Cc1ccc(CC(=O)N2CCCCC2c2nc(C)ncc2-c2cc(C)no2)cc1. The Labute approximate surface area is 171 Å². The molecule has 1 fully saturated rings. The molecule has 1 aliphatic heterocycles. The van der Waals surface area contributed by atoms with Crippen molar-refractivity contribution in [3.63, 3.8) is 0 Å². The molecule has 0 bridgehead atoms. The van der Waals surface area contributed by atoms with Crippen LogP contribution in [0.25, 0.3) is 11.3 Å². The zero-order valence-corrected chi connectivity index (χ0v) is 17.2. The first kappa shape index (κ1) is 19.3. The molecule has 1 amide bonds. The van der Waals surface area contributed by atoms with Crippen molar-refractivity contribution in [2.75, 3.05) is 6.54 Å². The molecular weight excluding hydrogens is 364 g/mol. The Kier molecular flexibility index (Phi) is 5.43. The average molecular weight is 390 g/mol. The Balaban J connectivity index is 1.66. The first-order valence-electron chi connectivity index (χ1n) is 10.1. The molecule has 1 aromatic carbocycles. The van der Waals surface area contributed by atoms with E-state index in [9.17, 15) is 4.79 Å². The Hall–Kier alpha value is -3.02. The topological polar surface area (TPSA) is 72.1 Å². The third-order valence-electron chi connectivity index (χ3n) is 5.45. The number of hydrogen-bond acceptors (Lipinski definition) is 5. The van der Waals surface area contributed by atoms with Crippen molar-refractivity contribution in [1.82, 2.24) is 20.0 Å². The molecule has 3 aromatic rings. The summed E-state index contributed by atoms with van der Waals surface area (Å²) < 4.78 is 5.49. The van der Waals surface area contributed by atoms with Crippen LogP contribution >= 0.6 is 0 Å². The fourth-order valence-electron chi connectivity index (χ4n) is 3.92. The summed E-state index contributed by atoms with van der Waals surface area (Å²) in [5, 5.41) is 4.01. The van der Waals surface area contributed by atoms with Crippen molar-refractivity contribution in [3.05, 3.63) is 64.9 Å². The van der Waals surface area contributed by atoms with Crippen LogP contribution in [0.4, 0.5) is 0 Å². The van der Waals surface area contributed by atoms with E-state index in [2.05, 4.69) is 29.2 Å². The second-order valence-electron chi connectivity index (χ2n) is 7.81. The van der Waals surface area contributed by atoms with E-state index < -0.39 is 0 Å². The molecule has 0 saturated carbocycles. The maximum Gasteiger partial charge on any atom is 0.227 e. The van der Waals surface area contributed by atoms with Crippen LogP contribution in [0.3, 0.4) is 0 Å². The van der Waals surface area contributed by atoms with Gasteiger partial charge >= 0.3 is 0 Å². The smallest absolute Gasteiger partial charge is 0.227 e. The van der Waals surface area contributed by atoms with Gasteiger partial charge in [-0.3, -0.25) is 4.79 Å². The monoisotopic (exact) mass is 390 g/mol. The molecule has 1 saturated heterocycles. The van der Waals surface area contributed by atoms with E-state index >= 15 is 0 Å². The number of amides is 1. The maximum absolute atomic E-state index is 13.2. The number of likely N-dealkylation sites (tertiary alicyclic amines) is 1. The van der Waals surface area contributed by atoms with Crippen LogP contribution in [0, 0.1) is 20.8 Å². The lowest BCUT2D eigenvalue weighted by atomic mass is 9.94. The van der Waals surface area contributed by atoms with Crippen LogP contribution in [-0.2, 0) is 11.2 Å². The molecule has 2 aromatic heterocycles. The van der Waals surface area contributed by atoms with Gasteiger partial charge in [-0.25, -0.2) is 9.97 Å². The van der Waals surface area contributed by atoms with E-state index in [4.69, 9.17) is 9.51 Å². The van der Waals surface area contributed by atoms with Gasteiger partial charge in [-0.05, 0) is 45.6 Å². The largest absolute Gasteiger partial charge is 0.356 e. The van der Waals surface area contributed by atoms with E-state index in [0.29, 0.717) is 18.0 Å². The highest BCUT2D eigenvalue weighted by atomic mass is 16.5. The minimum absolute atomic E-state index is 0.0798. The number of hydrogen-bond donors (Lipinski definition) is 0. The normalized spacial score (nSPS) is 16.8. The molecular formula is C23H26N4O2. The molecule has 1 unspecified atom stereocenters. The summed E-state index contributed by atoms with van der Waals surface area (Å²) in [6.07, 6.45) is 5.15. The number of rotatable bonds is 4. The van der Waals surface area contributed by atoms with E-state index in [1.807, 2.05) is 36.9 Å². The highest BCUT2D eigenvalue weighted by Gasteiger charge is 2.32. The molecule has 6 nitrogen and oxygen atoms in total. The fourth-order valence-corrected chi connectivity index (χ4v) is 3.92. The predicted octanol–water partition coefficient (Wildman–Crippen LogP) is 4.35. The summed E-state index contributed by atoms with van der Waals surface area (Å²) in [7, 11) is 0. The fraction of sp³-hybridized carbons (Fsp3) is 0.391. The van der Waals surface area contributed by atoms with Gasteiger partial charge in [-0.2, -0.15) is 0 Å². The lowest BCUT2D eigenvalue weighted by molar-refractivity contribution is -0.134. The third-order valence-corrected chi connectivity index (χ3v) is 5.45. The molecule has 0 radical (unpaired) electrons. The number of piperidine rings is 1. The molecule has 3 heterocycles. The minimum Gasteiger partial charge on any atom is -0.356 e. The Bertz CT molecular complexity index is 1010. The van der Waals surface area contributed by atoms with E-state index in [1.54, 1.807) is 6.20 Å². The lowest BCUT2D eigenvalue weighted by Crippen LogP contribution is -2.40. The first-order chi connectivity index (χ1) is 14.0. The maximum atomic E-state index is 13.2. The van der Waals surface area contributed by atoms with E-state index in [-0.39, 0.29) is 11.9 Å². The van der Waals surface area contributed by atoms with Gasteiger partial charge in [-0.15, -0.1) is 0 Å². The van der Waals surface area contributed by atoms with Gasteiger partial charge in [0.15, 0.2) is 5.76 Å². The van der Waals surface area contributed by atoms with Crippen LogP contribution in [0.2, 0.25) is 0 Å². The molecule has 0 spiro atoms.